The highest BCUT2D eigenvalue weighted by Gasteiger charge is 2.30. The number of hydrogen-bond donors (Lipinski definition) is 0. The van der Waals surface area contributed by atoms with Crippen LogP contribution in [0.15, 0.2) is 219 Å². The van der Waals surface area contributed by atoms with E-state index in [1.807, 2.05) is 6.20 Å². The predicted molar refractivity (Wildman–Crippen MR) is 316 cm³/mol. The van der Waals surface area contributed by atoms with E-state index in [1.165, 1.54) is 44.5 Å². The number of nitrogens with zero attached hydrogens (tertiary/aromatic N) is 4. The van der Waals surface area contributed by atoms with Gasteiger partial charge in [0, 0.05) is 57.5 Å². The van der Waals surface area contributed by atoms with E-state index in [0.717, 1.165) is 61.8 Å². The third-order valence-electron chi connectivity index (χ3n) is 15.6. The van der Waals surface area contributed by atoms with Crippen molar-refractivity contribution in [3.63, 3.8) is 0 Å². The molecule has 0 amide bonds. The number of fused-ring (bicyclic) bond motifs is 3. The van der Waals surface area contributed by atoms with Crippen molar-refractivity contribution in [1.29, 1.82) is 0 Å². The molecule has 1 aliphatic heterocycles. The third-order valence-corrected chi connectivity index (χ3v) is 15.6. The molecule has 0 spiro atoms. The Morgan fingerprint density at radius 2 is 0.973 bits per heavy atom. The molecule has 0 saturated carbocycles. The van der Waals surface area contributed by atoms with Gasteiger partial charge in [0.1, 0.15) is 17.3 Å². The van der Waals surface area contributed by atoms with E-state index in [-0.39, 0.29) is 21.7 Å². The van der Waals surface area contributed by atoms with E-state index in [9.17, 15) is 0 Å². The second-order valence-electron chi connectivity index (χ2n) is 23.5. The summed E-state index contributed by atoms with van der Waals surface area (Å²) in [5.41, 5.74) is 15.9. The fraction of sp³-hybridized carbons (Fsp3) is 0.214. The first-order valence-corrected chi connectivity index (χ1v) is 26.4. The first-order valence-electron chi connectivity index (χ1n) is 26.4. The number of aromatic nitrogens is 2. The maximum atomic E-state index is 7.17. The van der Waals surface area contributed by atoms with Gasteiger partial charge in [-0.15, -0.1) is 0 Å². The Morgan fingerprint density at radius 3 is 1.57 bits per heavy atom. The average Bonchev–Trinajstić information content (AvgIpc) is 4.05. The molecule has 0 N–H and O–H groups in total. The molecule has 0 fully saturated rings. The van der Waals surface area contributed by atoms with Crippen LogP contribution in [0.5, 0.6) is 11.5 Å². The molecule has 11 rings (SSSR count). The molecule has 5 nitrogen and oxygen atoms in total. The molecular weight excluding hydrogens is 913 g/mol. The molecule has 0 saturated heterocycles. The number of ether oxygens (including phenoxy) is 1. The van der Waals surface area contributed by atoms with Crippen LogP contribution in [0.2, 0.25) is 0 Å². The molecule has 3 heterocycles. The van der Waals surface area contributed by atoms with Gasteiger partial charge in [0.2, 0.25) is 0 Å². The lowest BCUT2D eigenvalue weighted by molar-refractivity contribution is 0.483. The van der Waals surface area contributed by atoms with Crippen LogP contribution in [0.3, 0.4) is 0 Å². The lowest BCUT2D eigenvalue weighted by Gasteiger charge is -2.29. The highest BCUT2D eigenvalue weighted by molar-refractivity contribution is 6.10. The zero-order valence-electron chi connectivity index (χ0n) is 45.2. The topological polar surface area (TPSA) is 33.5 Å². The molecule has 8 aromatic carbocycles. The van der Waals surface area contributed by atoms with Crippen molar-refractivity contribution in [3.05, 3.63) is 258 Å². The van der Waals surface area contributed by atoms with Gasteiger partial charge >= 0.3 is 0 Å². The molecule has 0 aliphatic carbocycles. The van der Waals surface area contributed by atoms with Crippen molar-refractivity contribution in [1.82, 2.24) is 9.55 Å². The highest BCUT2D eigenvalue weighted by Crippen LogP contribution is 2.44. The Kier molecular flexibility index (Phi) is 12.4. The lowest BCUT2D eigenvalue weighted by Crippen LogP contribution is -2.27. The second-order valence-corrected chi connectivity index (χ2v) is 23.5. The van der Waals surface area contributed by atoms with E-state index in [1.54, 1.807) is 0 Å². The first-order chi connectivity index (χ1) is 35.9. The van der Waals surface area contributed by atoms with Crippen LogP contribution in [0.1, 0.15) is 108 Å². The number of hydrogen-bond acceptors (Lipinski definition) is 4. The molecule has 5 heteroatoms. The van der Waals surface area contributed by atoms with Crippen molar-refractivity contribution >= 4 is 38.9 Å². The van der Waals surface area contributed by atoms with E-state index < -0.39 is 0 Å². The minimum atomic E-state index is -0.256. The van der Waals surface area contributed by atoms with Crippen molar-refractivity contribution in [3.8, 4) is 28.4 Å². The van der Waals surface area contributed by atoms with Crippen molar-refractivity contribution in [2.24, 2.45) is 0 Å². The monoisotopic (exact) mass is 981 g/mol. The van der Waals surface area contributed by atoms with Gasteiger partial charge in [0.05, 0.1) is 23.4 Å². The molecule has 2 aromatic heterocycles. The molecule has 0 bridgehead atoms. The highest BCUT2D eigenvalue weighted by atomic mass is 16.5. The summed E-state index contributed by atoms with van der Waals surface area (Å²) < 4.78 is 9.49. The Morgan fingerprint density at radius 1 is 0.400 bits per heavy atom. The van der Waals surface area contributed by atoms with E-state index in [0.29, 0.717) is 6.67 Å². The summed E-state index contributed by atoms with van der Waals surface area (Å²) in [5.74, 6) is 2.35. The number of anilines is 2. The third kappa shape index (κ3) is 9.53. The van der Waals surface area contributed by atoms with Crippen LogP contribution in [0, 0.1) is 0 Å². The van der Waals surface area contributed by atoms with Gasteiger partial charge < -0.3 is 14.5 Å². The Labute approximate surface area is 444 Å². The summed E-state index contributed by atoms with van der Waals surface area (Å²) in [6, 6.07) is 74.7. The SMILES string of the molecule is CC(C)(C)c1cc(N2C=C(c3ccccc3)N(c3cc(Oc4ccc5c6cc(C(C)(C)c7ccccc7)ccc6n(-c6cc(C(C)(C)c7ccccc7)ccn6)c5c4)cc(-c4ccccc4)c3)C2)cc(C(C)(C)C)c1. The van der Waals surface area contributed by atoms with Crippen LogP contribution < -0.4 is 14.5 Å². The minimum Gasteiger partial charge on any atom is -0.457 e. The summed E-state index contributed by atoms with van der Waals surface area (Å²) >= 11 is 0. The summed E-state index contributed by atoms with van der Waals surface area (Å²) in [4.78, 5) is 9.96. The van der Waals surface area contributed by atoms with Crippen LogP contribution >= 0.6 is 0 Å². The van der Waals surface area contributed by atoms with Crippen LogP contribution in [-0.4, -0.2) is 16.2 Å². The van der Waals surface area contributed by atoms with Crippen molar-refractivity contribution < 1.29 is 4.74 Å². The van der Waals surface area contributed by atoms with Crippen molar-refractivity contribution in [2.75, 3.05) is 16.5 Å². The molecule has 1 aliphatic rings. The zero-order chi connectivity index (χ0) is 52.3. The lowest BCUT2D eigenvalue weighted by atomic mass is 9.78. The summed E-state index contributed by atoms with van der Waals surface area (Å²) in [5, 5.41) is 2.30. The number of benzene rings is 8. The van der Waals surface area contributed by atoms with Gasteiger partial charge in [-0.3, -0.25) is 4.57 Å². The van der Waals surface area contributed by atoms with Gasteiger partial charge in [-0.2, -0.15) is 0 Å². The Bertz CT molecular complexity index is 3690. The molecule has 10 aromatic rings. The standard InChI is InChI=1S/C70H68N4O/c1-67(2,3)55-39-56(68(4,5)6)41-57(40-55)72-46-65(49-25-17-12-18-26-49)73(47-72)58-37-50(48-23-15-11-16-24-48)38-60(44-58)75-59-32-33-61-62-42-53(69(7,8)51-27-19-13-20-28-51)31-34-63(62)74(64(61)45-59)66-43-54(35-36-71-66)70(9,10)52-29-21-14-22-30-52/h11-46H,47H2,1-10H3. The van der Waals surface area contributed by atoms with Crippen molar-refractivity contribution in [2.45, 2.75) is 90.9 Å². The summed E-state index contributed by atoms with van der Waals surface area (Å²) in [7, 11) is 0. The first kappa shape index (κ1) is 49.1. The number of rotatable bonds is 11. The van der Waals surface area contributed by atoms with Gasteiger partial charge in [0.15, 0.2) is 0 Å². The van der Waals surface area contributed by atoms with Crippen LogP contribution in [-0.2, 0) is 21.7 Å². The maximum absolute atomic E-state index is 7.17. The molecular formula is C70H68N4O. The summed E-state index contributed by atoms with van der Waals surface area (Å²) in [6.07, 6.45) is 4.28. The normalized spacial score (nSPS) is 13.4. The fourth-order valence-electron chi connectivity index (χ4n) is 10.7. The Balaban J connectivity index is 1.05. The van der Waals surface area contributed by atoms with Gasteiger partial charge in [0.25, 0.3) is 0 Å². The maximum Gasteiger partial charge on any atom is 0.137 e. The molecule has 374 valence electrons. The van der Waals surface area contributed by atoms with Gasteiger partial charge in [-0.25, -0.2) is 4.98 Å². The second kappa shape index (κ2) is 19.0. The molecule has 75 heavy (non-hydrogen) atoms. The molecule has 0 radical (unpaired) electrons. The average molecular weight is 981 g/mol. The fourth-order valence-corrected chi connectivity index (χ4v) is 10.7. The summed E-state index contributed by atoms with van der Waals surface area (Å²) in [6.45, 7) is 23.7. The van der Waals surface area contributed by atoms with Gasteiger partial charge in [-0.05, 0) is 122 Å². The van der Waals surface area contributed by atoms with Crippen LogP contribution in [0.4, 0.5) is 11.4 Å². The number of pyridine rings is 1. The minimum absolute atomic E-state index is 0.0168. The largest absolute Gasteiger partial charge is 0.457 e. The zero-order valence-corrected chi connectivity index (χ0v) is 45.2. The smallest absolute Gasteiger partial charge is 0.137 e. The van der Waals surface area contributed by atoms with E-state index in [2.05, 4.69) is 296 Å². The quantitative estimate of drug-likeness (QED) is 0.129. The van der Waals surface area contributed by atoms with E-state index >= 15 is 0 Å². The van der Waals surface area contributed by atoms with Gasteiger partial charge in [-0.1, -0.05) is 203 Å². The predicted octanol–water partition coefficient (Wildman–Crippen LogP) is 18.2. The Hall–Kier alpha value is -8.15. The van der Waals surface area contributed by atoms with Crippen LogP contribution in [0.25, 0.3) is 44.4 Å². The molecule has 0 unspecified atom stereocenters. The van der Waals surface area contributed by atoms with E-state index in [4.69, 9.17) is 9.72 Å². The molecule has 0 atom stereocenters.